The highest BCUT2D eigenvalue weighted by Crippen LogP contribution is 2.31. The molecule has 0 saturated heterocycles. The van der Waals surface area contributed by atoms with Gasteiger partial charge in [0.05, 0.1) is 17.1 Å². The van der Waals surface area contributed by atoms with E-state index in [9.17, 15) is 14.9 Å². The van der Waals surface area contributed by atoms with E-state index < -0.39 is 0 Å². The second-order valence-corrected chi connectivity index (χ2v) is 7.67. The first kappa shape index (κ1) is 17.5. The molecule has 0 N–H and O–H groups in total. The minimum Gasteiger partial charge on any atom is -0.328 e. The molecule has 1 aliphatic rings. The summed E-state index contributed by atoms with van der Waals surface area (Å²) in [5, 5.41) is 9.68. The Balaban J connectivity index is 2.19. The molecule has 0 unspecified atom stereocenters. The van der Waals surface area contributed by atoms with Crippen molar-refractivity contribution in [3.05, 3.63) is 50.2 Å². The fourth-order valence-electron chi connectivity index (χ4n) is 4.23. The monoisotopic (exact) mass is 362 g/mol. The molecule has 1 aliphatic carbocycles. The molecule has 27 heavy (non-hydrogen) atoms. The fraction of sp³-hybridized carbons (Fsp3) is 0.429. The third kappa shape index (κ3) is 2.57. The molecule has 6 nitrogen and oxygen atoms in total. The second-order valence-electron chi connectivity index (χ2n) is 7.67. The van der Waals surface area contributed by atoms with Crippen molar-refractivity contribution >= 4 is 21.9 Å². The maximum atomic E-state index is 13.5. The predicted molar refractivity (Wildman–Crippen MR) is 105 cm³/mol. The highest BCUT2D eigenvalue weighted by molar-refractivity contribution is 5.92. The van der Waals surface area contributed by atoms with E-state index >= 15 is 0 Å². The van der Waals surface area contributed by atoms with Crippen LogP contribution in [0.15, 0.2) is 27.8 Å². The predicted octanol–water partition coefficient (Wildman–Crippen LogP) is 3.36. The summed E-state index contributed by atoms with van der Waals surface area (Å²) in [5.74, 6) is 0.817. The largest absolute Gasteiger partial charge is 0.328 e. The van der Waals surface area contributed by atoms with Gasteiger partial charge in [-0.25, -0.2) is 4.98 Å². The summed E-state index contributed by atoms with van der Waals surface area (Å²) in [6.45, 7) is 4.05. The third-order valence-corrected chi connectivity index (χ3v) is 5.61. The summed E-state index contributed by atoms with van der Waals surface area (Å²) in [6.07, 6.45) is 4.07. The number of rotatable bonds is 2. The number of nitriles is 1. The number of hydrogen-bond donors (Lipinski definition) is 0. The number of pyridine rings is 1. The Morgan fingerprint density at radius 3 is 2.56 bits per heavy atom. The van der Waals surface area contributed by atoms with Crippen LogP contribution in [0.5, 0.6) is 0 Å². The van der Waals surface area contributed by atoms with Crippen LogP contribution in [0.25, 0.3) is 21.9 Å². The molecule has 3 aromatic rings. The van der Waals surface area contributed by atoms with E-state index in [4.69, 9.17) is 4.98 Å². The van der Waals surface area contributed by atoms with E-state index in [1.807, 2.05) is 20.9 Å². The van der Waals surface area contributed by atoms with Gasteiger partial charge in [-0.05, 0) is 31.0 Å². The summed E-state index contributed by atoms with van der Waals surface area (Å²) in [5.41, 5.74) is 0.906. The standard InChI is InChI=1S/C21H22N4O2/c1-12(2)19-23-20-17(21(27)25(19)14-6-4-5-7-14)18(26)15-10-13(11-22)8-9-16(15)24(20)3/h8-10,12,14H,4-7H2,1-3H3. The van der Waals surface area contributed by atoms with E-state index in [-0.39, 0.29) is 28.3 Å². The lowest BCUT2D eigenvalue weighted by Crippen LogP contribution is -2.33. The summed E-state index contributed by atoms with van der Waals surface area (Å²) >= 11 is 0. The lowest BCUT2D eigenvalue weighted by molar-refractivity contribution is 0.464. The molecule has 0 bridgehead atoms. The summed E-state index contributed by atoms with van der Waals surface area (Å²) in [6, 6.07) is 7.15. The van der Waals surface area contributed by atoms with Crippen LogP contribution < -0.4 is 11.0 Å². The van der Waals surface area contributed by atoms with Gasteiger partial charge in [0, 0.05) is 24.4 Å². The van der Waals surface area contributed by atoms with Crippen molar-refractivity contribution in [1.82, 2.24) is 14.1 Å². The van der Waals surface area contributed by atoms with Gasteiger partial charge >= 0.3 is 0 Å². The minimum atomic E-state index is -0.338. The Morgan fingerprint density at radius 1 is 1.22 bits per heavy atom. The van der Waals surface area contributed by atoms with E-state index in [2.05, 4.69) is 6.07 Å². The highest BCUT2D eigenvalue weighted by Gasteiger charge is 2.26. The van der Waals surface area contributed by atoms with Crippen LogP contribution in [0.3, 0.4) is 0 Å². The molecule has 6 heteroatoms. The molecular formula is C21H22N4O2. The Kier molecular flexibility index (Phi) is 4.11. The van der Waals surface area contributed by atoms with Gasteiger partial charge in [0.1, 0.15) is 11.2 Å². The zero-order valence-electron chi connectivity index (χ0n) is 15.8. The van der Waals surface area contributed by atoms with Crippen molar-refractivity contribution in [1.29, 1.82) is 5.26 Å². The average molecular weight is 362 g/mol. The maximum Gasteiger partial charge on any atom is 0.267 e. The number of aromatic nitrogens is 3. The second kappa shape index (κ2) is 6.34. The molecule has 138 valence electrons. The van der Waals surface area contributed by atoms with Crippen molar-refractivity contribution < 1.29 is 0 Å². The lowest BCUT2D eigenvalue weighted by Gasteiger charge is -2.22. The molecule has 0 atom stereocenters. The summed E-state index contributed by atoms with van der Waals surface area (Å²) < 4.78 is 3.56. The quantitative estimate of drug-likeness (QED) is 0.655. The first-order valence-electron chi connectivity index (χ1n) is 9.43. The average Bonchev–Trinajstić information content (AvgIpc) is 3.19. The number of hydrogen-bond acceptors (Lipinski definition) is 4. The first-order chi connectivity index (χ1) is 12.9. The zero-order valence-corrected chi connectivity index (χ0v) is 15.8. The molecule has 0 radical (unpaired) electrons. The number of benzene rings is 1. The van der Waals surface area contributed by atoms with Crippen LogP contribution in [0.2, 0.25) is 0 Å². The van der Waals surface area contributed by atoms with Crippen molar-refractivity contribution in [3.8, 4) is 6.07 Å². The molecule has 2 heterocycles. The lowest BCUT2D eigenvalue weighted by atomic mass is 10.1. The van der Waals surface area contributed by atoms with Gasteiger partial charge in [0.2, 0.25) is 5.43 Å². The number of fused-ring (bicyclic) bond motifs is 2. The normalized spacial score (nSPS) is 15.1. The summed E-state index contributed by atoms with van der Waals surface area (Å²) in [4.78, 5) is 31.5. The van der Waals surface area contributed by atoms with Crippen molar-refractivity contribution in [2.75, 3.05) is 0 Å². The smallest absolute Gasteiger partial charge is 0.267 e. The van der Waals surface area contributed by atoms with Gasteiger partial charge in [-0.2, -0.15) is 5.26 Å². The van der Waals surface area contributed by atoms with Crippen molar-refractivity contribution in [3.63, 3.8) is 0 Å². The molecule has 1 saturated carbocycles. The van der Waals surface area contributed by atoms with E-state index in [1.165, 1.54) is 0 Å². The van der Waals surface area contributed by atoms with E-state index in [0.29, 0.717) is 22.1 Å². The molecule has 1 fully saturated rings. The Morgan fingerprint density at radius 2 is 1.93 bits per heavy atom. The Labute approximate surface area is 156 Å². The molecular weight excluding hydrogens is 340 g/mol. The molecule has 2 aromatic heterocycles. The van der Waals surface area contributed by atoms with Gasteiger partial charge in [0.15, 0.2) is 5.65 Å². The van der Waals surface area contributed by atoms with Crippen LogP contribution in [-0.2, 0) is 7.05 Å². The highest BCUT2D eigenvalue weighted by atomic mass is 16.1. The molecule has 1 aromatic carbocycles. The van der Waals surface area contributed by atoms with Crippen LogP contribution >= 0.6 is 0 Å². The van der Waals surface area contributed by atoms with Crippen LogP contribution in [0.4, 0.5) is 0 Å². The van der Waals surface area contributed by atoms with Crippen molar-refractivity contribution in [2.45, 2.75) is 51.5 Å². The van der Waals surface area contributed by atoms with Crippen LogP contribution in [-0.4, -0.2) is 14.1 Å². The van der Waals surface area contributed by atoms with Crippen molar-refractivity contribution in [2.24, 2.45) is 7.05 Å². The molecule has 4 rings (SSSR count). The third-order valence-electron chi connectivity index (χ3n) is 5.61. The van der Waals surface area contributed by atoms with Gasteiger partial charge in [-0.1, -0.05) is 26.7 Å². The number of nitrogens with zero attached hydrogens (tertiary/aromatic N) is 4. The fourth-order valence-corrected chi connectivity index (χ4v) is 4.23. The minimum absolute atomic E-state index is 0.0782. The van der Waals surface area contributed by atoms with Gasteiger partial charge in [-0.3, -0.25) is 14.2 Å². The first-order valence-corrected chi connectivity index (χ1v) is 9.43. The molecule has 0 spiro atoms. The van der Waals surface area contributed by atoms with Gasteiger partial charge in [0.25, 0.3) is 5.56 Å². The molecule has 0 aliphatic heterocycles. The SMILES string of the molecule is CC(C)c1nc2c(c(=O)c3cc(C#N)ccc3n2C)c(=O)n1C1CCCC1. The Hall–Kier alpha value is -2.94. The van der Waals surface area contributed by atoms with Gasteiger partial charge in [-0.15, -0.1) is 0 Å². The van der Waals surface area contributed by atoms with E-state index in [0.717, 1.165) is 31.5 Å². The molecule has 0 amide bonds. The number of aryl methyl sites for hydroxylation is 1. The zero-order chi connectivity index (χ0) is 19.3. The summed E-state index contributed by atoms with van der Waals surface area (Å²) in [7, 11) is 1.81. The van der Waals surface area contributed by atoms with Crippen LogP contribution in [0.1, 0.15) is 62.9 Å². The van der Waals surface area contributed by atoms with E-state index in [1.54, 1.807) is 27.3 Å². The topological polar surface area (TPSA) is 80.7 Å². The van der Waals surface area contributed by atoms with Crippen LogP contribution in [0, 0.1) is 11.3 Å². The maximum absolute atomic E-state index is 13.5. The van der Waals surface area contributed by atoms with Gasteiger partial charge < -0.3 is 4.57 Å². The Bertz CT molecular complexity index is 1220.